The van der Waals surface area contributed by atoms with Crippen LogP contribution in [0.2, 0.25) is 0 Å². The van der Waals surface area contributed by atoms with E-state index >= 15 is 0 Å². The van der Waals surface area contributed by atoms with Crippen LogP contribution in [-0.4, -0.2) is 69.6 Å². The number of carbonyl (C=O) groups excluding carboxylic acids is 5. The minimum Gasteiger partial charge on any atom is -0.449 e. The van der Waals surface area contributed by atoms with Crippen LogP contribution >= 0.6 is 0 Å². The highest BCUT2D eigenvalue weighted by Crippen LogP contribution is 2.17. The van der Waals surface area contributed by atoms with E-state index in [1.165, 1.54) is 0 Å². The van der Waals surface area contributed by atoms with Gasteiger partial charge in [-0.25, -0.2) is 4.79 Å². The number of unbranched alkanes of at least 4 members (excludes halogenated alkanes) is 1. The predicted molar refractivity (Wildman–Crippen MR) is 156 cm³/mol. The molecule has 0 saturated heterocycles. The second-order valence-electron chi connectivity index (χ2n) is 9.81. The van der Waals surface area contributed by atoms with Gasteiger partial charge in [-0.3, -0.25) is 19.2 Å². The Kier molecular flexibility index (Phi) is 19.3. The number of ether oxygens (including phenoxy) is 2. The van der Waals surface area contributed by atoms with Crippen molar-refractivity contribution in [2.75, 3.05) is 40.0 Å². The molecule has 0 heterocycles. The molecule has 1 aromatic rings. The summed E-state index contributed by atoms with van der Waals surface area (Å²) >= 11 is 0. The zero-order chi connectivity index (χ0) is 30.3. The monoisotopic (exact) mass is 576 g/mol. The fraction of sp³-hybridized carbons (Fsp3) is 0.633. The van der Waals surface area contributed by atoms with Crippen molar-refractivity contribution in [3.8, 4) is 0 Å². The van der Waals surface area contributed by atoms with E-state index in [9.17, 15) is 24.0 Å². The maximum absolute atomic E-state index is 12.0. The van der Waals surface area contributed by atoms with Crippen molar-refractivity contribution >= 4 is 29.6 Å². The number of hydrogen-bond donors (Lipinski definition) is 4. The molecule has 11 nitrogen and oxygen atoms in total. The van der Waals surface area contributed by atoms with Gasteiger partial charge < -0.3 is 30.7 Å². The van der Waals surface area contributed by atoms with Crippen molar-refractivity contribution in [1.29, 1.82) is 0 Å². The summed E-state index contributed by atoms with van der Waals surface area (Å²) in [6, 6.07) is 7.33. The molecular formula is C30H48N4O7. The highest BCUT2D eigenvalue weighted by atomic mass is 16.5. The molecule has 41 heavy (non-hydrogen) atoms. The van der Waals surface area contributed by atoms with E-state index in [-0.39, 0.29) is 62.8 Å². The Morgan fingerprint density at radius 1 is 0.780 bits per heavy atom. The molecule has 230 valence electrons. The predicted octanol–water partition coefficient (Wildman–Crippen LogP) is 2.80. The van der Waals surface area contributed by atoms with Crippen molar-refractivity contribution in [1.82, 2.24) is 21.3 Å². The van der Waals surface area contributed by atoms with E-state index in [0.717, 1.165) is 43.2 Å². The molecule has 0 fully saturated rings. The normalized spacial score (nSPS) is 11.3. The third-order valence-electron chi connectivity index (χ3n) is 6.42. The van der Waals surface area contributed by atoms with Gasteiger partial charge in [0, 0.05) is 51.9 Å². The van der Waals surface area contributed by atoms with E-state index in [1.807, 2.05) is 31.2 Å². The summed E-state index contributed by atoms with van der Waals surface area (Å²) < 4.78 is 10.5. The number of nitrogens with one attached hydrogen (secondary N) is 4. The van der Waals surface area contributed by atoms with Crippen molar-refractivity contribution in [2.24, 2.45) is 5.92 Å². The standard InChI is InChI=1S/C30H48N4O7/c1-4-9-25(26(35)5-2)10-6-7-16-33-30(39)41-19-8-18-40-22-29(38)34-21-24-13-11-23(12-14-24)20-28(37)32-17-15-27(36)31-3/h11-14,25H,4-10,15-22H2,1-3H3,(H,31,36)(H,32,37)(H,33,39)(H,34,38). The molecule has 11 heteroatoms. The second-order valence-corrected chi connectivity index (χ2v) is 9.81. The zero-order valence-corrected chi connectivity index (χ0v) is 24.9. The summed E-state index contributed by atoms with van der Waals surface area (Å²) in [7, 11) is 1.55. The molecule has 1 atom stereocenters. The quantitative estimate of drug-likeness (QED) is 0.155. The lowest BCUT2D eigenvalue weighted by atomic mass is 9.91. The number of ketones is 1. The third kappa shape index (κ3) is 17.8. The summed E-state index contributed by atoms with van der Waals surface area (Å²) in [6.45, 7) is 5.49. The van der Waals surface area contributed by atoms with Crippen LogP contribution in [0.3, 0.4) is 0 Å². The number of rotatable bonds is 22. The van der Waals surface area contributed by atoms with Gasteiger partial charge in [0.15, 0.2) is 0 Å². The molecule has 0 spiro atoms. The van der Waals surface area contributed by atoms with E-state index < -0.39 is 6.09 Å². The van der Waals surface area contributed by atoms with Gasteiger partial charge in [0.05, 0.1) is 19.6 Å². The van der Waals surface area contributed by atoms with Crippen molar-refractivity contribution in [3.05, 3.63) is 35.4 Å². The van der Waals surface area contributed by atoms with Crippen LogP contribution in [0.25, 0.3) is 0 Å². The maximum Gasteiger partial charge on any atom is 0.407 e. The number of hydrogen-bond acceptors (Lipinski definition) is 7. The molecule has 0 radical (unpaired) electrons. The summed E-state index contributed by atoms with van der Waals surface area (Å²) in [4.78, 5) is 58.9. The van der Waals surface area contributed by atoms with Crippen molar-refractivity contribution in [2.45, 2.75) is 78.2 Å². The van der Waals surface area contributed by atoms with Gasteiger partial charge in [-0.2, -0.15) is 0 Å². The topological polar surface area (TPSA) is 152 Å². The van der Waals surface area contributed by atoms with Crippen LogP contribution in [0, 0.1) is 5.92 Å². The number of benzene rings is 1. The molecule has 0 aliphatic carbocycles. The second kappa shape index (κ2) is 22.2. The average molecular weight is 577 g/mol. The van der Waals surface area contributed by atoms with Crippen LogP contribution in [-0.2, 0) is 41.6 Å². The fourth-order valence-electron chi connectivity index (χ4n) is 4.07. The van der Waals surface area contributed by atoms with Crippen LogP contribution in [0.5, 0.6) is 0 Å². The molecule has 0 aliphatic heterocycles. The highest BCUT2D eigenvalue weighted by molar-refractivity contribution is 5.81. The van der Waals surface area contributed by atoms with E-state index in [0.29, 0.717) is 31.7 Å². The van der Waals surface area contributed by atoms with Crippen molar-refractivity contribution < 1.29 is 33.4 Å². The lowest BCUT2D eigenvalue weighted by Gasteiger charge is -2.14. The Morgan fingerprint density at radius 3 is 2.20 bits per heavy atom. The van der Waals surface area contributed by atoms with Gasteiger partial charge in [-0.1, -0.05) is 51.0 Å². The lowest BCUT2D eigenvalue weighted by molar-refractivity contribution is -0.126. The minimum absolute atomic E-state index is 0.0972. The Balaban J connectivity index is 2.07. The first kappa shape index (κ1) is 35.6. The van der Waals surface area contributed by atoms with Gasteiger partial charge in [0.2, 0.25) is 17.7 Å². The van der Waals surface area contributed by atoms with Gasteiger partial charge in [-0.05, 0) is 30.4 Å². The fourth-order valence-corrected chi connectivity index (χ4v) is 4.07. The van der Waals surface area contributed by atoms with Gasteiger partial charge >= 0.3 is 6.09 Å². The number of alkyl carbamates (subject to hydrolysis) is 1. The molecule has 1 rings (SSSR count). The van der Waals surface area contributed by atoms with Crippen LogP contribution < -0.4 is 21.3 Å². The molecule has 1 aromatic carbocycles. The van der Waals surface area contributed by atoms with E-state index in [4.69, 9.17) is 9.47 Å². The zero-order valence-electron chi connectivity index (χ0n) is 24.9. The molecule has 0 bridgehead atoms. The largest absolute Gasteiger partial charge is 0.449 e. The number of amides is 4. The number of Topliss-reactive ketones (excluding diaryl/α,β-unsaturated/α-hetero) is 1. The summed E-state index contributed by atoms with van der Waals surface area (Å²) in [5, 5.41) is 10.7. The van der Waals surface area contributed by atoms with Gasteiger partial charge in [0.1, 0.15) is 12.4 Å². The van der Waals surface area contributed by atoms with Crippen molar-refractivity contribution in [3.63, 3.8) is 0 Å². The molecule has 4 amide bonds. The lowest BCUT2D eigenvalue weighted by Crippen LogP contribution is -2.30. The third-order valence-corrected chi connectivity index (χ3v) is 6.42. The Labute approximate surface area is 243 Å². The first-order valence-electron chi connectivity index (χ1n) is 14.6. The highest BCUT2D eigenvalue weighted by Gasteiger charge is 2.15. The first-order valence-corrected chi connectivity index (χ1v) is 14.6. The summed E-state index contributed by atoms with van der Waals surface area (Å²) in [5.74, 6) is -0.0963. The van der Waals surface area contributed by atoms with Crippen LogP contribution in [0.1, 0.15) is 76.3 Å². The minimum atomic E-state index is -0.481. The molecule has 0 aliphatic rings. The molecule has 1 unspecified atom stereocenters. The molecular weight excluding hydrogens is 528 g/mol. The SMILES string of the molecule is CCCC(CCCCNC(=O)OCCCOCC(=O)NCc1ccc(CC(=O)NCCC(=O)NC)cc1)C(=O)CC. The van der Waals surface area contributed by atoms with Crippen LogP contribution in [0.4, 0.5) is 4.79 Å². The van der Waals surface area contributed by atoms with E-state index in [1.54, 1.807) is 7.05 Å². The molecule has 0 aromatic heterocycles. The molecule has 4 N–H and O–H groups in total. The smallest absolute Gasteiger partial charge is 0.407 e. The van der Waals surface area contributed by atoms with E-state index in [2.05, 4.69) is 28.2 Å². The number of carbonyl (C=O) groups is 5. The van der Waals surface area contributed by atoms with Gasteiger partial charge in [-0.15, -0.1) is 0 Å². The Morgan fingerprint density at radius 2 is 1.51 bits per heavy atom. The summed E-state index contributed by atoms with van der Waals surface area (Å²) in [5.41, 5.74) is 1.72. The maximum atomic E-state index is 12.0. The average Bonchev–Trinajstić information content (AvgIpc) is 2.97. The Bertz CT molecular complexity index is 937. The first-order chi connectivity index (χ1) is 19.8. The van der Waals surface area contributed by atoms with Crippen LogP contribution in [0.15, 0.2) is 24.3 Å². The Hall–Kier alpha value is -3.47. The molecule has 0 saturated carbocycles. The van der Waals surface area contributed by atoms with Gasteiger partial charge in [0.25, 0.3) is 0 Å². The summed E-state index contributed by atoms with van der Waals surface area (Å²) in [6.07, 6.45) is 5.48.